The lowest BCUT2D eigenvalue weighted by Crippen LogP contribution is -2.52. The van der Waals surface area contributed by atoms with E-state index >= 15 is 0 Å². The minimum absolute atomic E-state index is 0.0287. The van der Waals surface area contributed by atoms with Crippen LogP contribution >= 0.6 is 11.6 Å². The molecule has 1 aliphatic carbocycles. The summed E-state index contributed by atoms with van der Waals surface area (Å²) in [4.78, 5) is 21.4. The van der Waals surface area contributed by atoms with Gasteiger partial charge in [0.05, 0.1) is 10.3 Å². The normalized spacial score (nSPS) is 21.3. The van der Waals surface area contributed by atoms with Gasteiger partial charge in [-0.05, 0) is 19.9 Å². The van der Waals surface area contributed by atoms with Gasteiger partial charge >= 0.3 is 0 Å². The number of nitrogens with zero attached hydrogens (tertiary/aromatic N) is 1. The van der Waals surface area contributed by atoms with Gasteiger partial charge in [-0.3, -0.25) is 14.9 Å². The number of ketones is 1. The van der Waals surface area contributed by atoms with Crippen molar-refractivity contribution in [2.45, 2.75) is 26.4 Å². The van der Waals surface area contributed by atoms with E-state index in [2.05, 4.69) is 0 Å². The number of halogens is 1. The number of carbonyl (C=O) groups is 1. The molecule has 1 aliphatic rings. The Balaban J connectivity index is 2.15. The monoisotopic (exact) mass is 269 g/mol. The molecule has 96 valence electrons. The van der Waals surface area contributed by atoms with E-state index in [4.69, 9.17) is 16.3 Å². The van der Waals surface area contributed by atoms with Crippen LogP contribution in [0.5, 0.6) is 5.75 Å². The number of carbonyl (C=O) groups excluding carboxylic acids is 1. The minimum atomic E-state index is -0.553. The van der Waals surface area contributed by atoms with Crippen LogP contribution < -0.4 is 4.74 Å². The third-order valence-corrected chi connectivity index (χ3v) is 3.59. The standard InChI is InChI=1S/C12H12ClNO4/c1-12(2)10(15)6-11(12)18-7-3-4-9(14(16)17)8(13)5-7/h3-5,11H,6H2,1-2H3. The van der Waals surface area contributed by atoms with Crippen LogP contribution in [0, 0.1) is 15.5 Å². The molecule has 1 fully saturated rings. The molecule has 0 bridgehead atoms. The Kier molecular flexibility index (Phi) is 3.02. The number of rotatable bonds is 3. The second-order valence-corrected chi connectivity index (χ2v) is 5.23. The number of benzene rings is 1. The zero-order valence-corrected chi connectivity index (χ0v) is 10.7. The van der Waals surface area contributed by atoms with Crippen molar-refractivity contribution in [3.8, 4) is 5.75 Å². The van der Waals surface area contributed by atoms with E-state index in [1.54, 1.807) is 0 Å². The third-order valence-electron chi connectivity index (χ3n) is 3.29. The van der Waals surface area contributed by atoms with Gasteiger partial charge < -0.3 is 4.74 Å². The lowest BCUT2D eigenvalue weighted by Gasteiger charge is -2.41. The van der Waals surface area contributed by atoms with Gasteiger partial charge in [-0.1, -0.05) is 11.6 Å². The molecular formula is C12H12ClNO4. The summed E-state index contributed by atoms with van der Waals surface area (Å²) in [6, 6.07) is 4.19. The molecule has 0 amide bonds. The Hall–Kier alpha value is -1.62. The van der Waals surface area contributed by atoms with Gasteiger partial charge in [-0.15, -0.1) is 0 Å². The van der Waals surface area contributed by atoms with Crippen molar-refractivity contribution >= 4 is 23.1 Å². The number of nitro groups is 1. The molecule has 1 atom stereocenters. The molecule has 0 radical (unpaired) electrons. The van der Waals surface area contributed by atoms with Crippen molar-refractivity contribution in [2.75, 3.05) is 0 Å². The summed E-state index contributed by atoms with van der Waals surface area (Å²) in [6.45, 7) is 3.63. The minimum Gasteiger partial charge on any atom is -0.489 e. The van der Waals surface area contributed by atoms with E-state index in [0.717, 1.165) is 0 Å². The molecule has 0 aromatic heterocycles. The van der Waals surface area contributed by atoms with Gasteiger partial charge in [0, 0.05) is 18.6 Å². The third kappa shape index (κ3) is 2.06. The number of hydrogen-bond donors (Lipinski definition) is 0. The fraction of sp³-hybridized carbons (Fsp3) is 0.417. The zero-order chi connectivity index (χ0) is 13.5. The van der Waals surface area contributed by atoms with E-state index in [1.807, 2.05) is 13.8 Å². The lowest BCUT2D eigenvalue weighted by molar-refractivity contribution is -0.384. The summed E-state index contributed by atoms with van der Waals surface area (Å²) in [7, 11) is 0. The molecule has 0 spiro atoms. The number of Topliss-reactive ketones (excluding diaryl/α,β-unsaturated/α-hetero) is 1. The van der Waals surface area contributed by atoms with Crippen molar-refractivity contribution in [1.82, 2.24) is 0 Å². The molecule has 0 saturated heterocycles. The Morgan fingerprint density at radius 2 is 2.17 bits per heavy atom. The second-order valence-electron chi connectivity index (χ2n) is 4.83. The number of nitro benzene ring substituents is 1. The Labute approximate surface area is 109 Å². The van der Waals surface area contributed by atoms with Crippen LogP contribution in [0.25, 0.3) is 0 Å². The van der Waals surface area contributed by atoms with Crippen molar-refractivity contribution in [3.05, 3.63) is 33.3 Å². The first-order valence-electron chi connectivity index (χ1n) is 5.46. The smallest absolute Gasteiger partial charge is 0.288 e. The zero-order valence-electron chi connectivity index (χ0n) is 9.97. The molecule has 0 aliphatic heterocycles. The largest absolute Gasteiger partial charge is 0.489 e. The Morgan fingerprint density at radius 3 is 2.61 bits per heavy atom. The fourth-order valence-corrected chi connectivity index (χ4v) is 2.04. The summed E-state index contributed by atoms with van der Waals surface area (Å²) in [5, 5.41) is 10.6. The van der Waals surface area contributed by atoms with Crippen molar-refractivity contribution in [1.29, 1.82) is 0 Å². The van der Waals surface area contributed by atoms with E-state index in [9.17, 15) is 14.9 Å². The highest BCUT2D eigenvalue weighted by Crippen LogP contribution is 2.40. The molecule has 18 heavy (non-hydrogen) atoms. The van der Waals surface area contributed by atoms with Crippen LogP contribution in [-0.2, 0) is 4.79 Å². The first-order chi connectivity index (χ1) is 8.32. The van der Waals surface area contributed by atoms with Crippen LogP contribution in [0.15, 0.2) is 18.2 Å². The molecule has 6 heteroatoms. The summed E-state index contributed by atoms with van der Waals surface area (Å²) in [5.74, 6) is 0.594. The van der Waals surface area contributed by atoms with Crippen molar-refractivity contribution < 1.29 is 14.5 Å². The molecule has 1 aromatic carbocycles. The van der Waals surface area contributed by atoms with Gasteiger partial charge in [0.15, 0.2) is 0 Å². The first kappa shape index (κ1) is 12.8. The Bertz CT molecular complexity index is 527. The van der Waals surface area contributed by atoms with E-state index in [0.29, 0.717) is 12.2 Å². The van der Waals surface area contributed by atoms with Gasteiger partial charge in [0.2, 0.25) is 0 Å². The van der Waals surface area contributed by atoms with Crippen LogP contribution in [0.3, 0.4) is 0 Å². The fourth-order valence-electron chi connectivity index (χ4n) is 1.80. The maximum atomic E-state index is 11.4. The second kappa shape index (κ2) is 4.24. The maximum absolute atomic E-state index is 11.4. The topological polar surface area (TPSA) is 69.4 Å². The summed E-state index contributed by atoms with van der Waals surface area (Å²) >= 11 is 5.78. The molecule has 2 rings (SSSR count). The van der Waals surface area contributed by atoms with Crippen LogP contribution in [0.1, 0.15) is 20.3 Å². The summed E-state index contributed by atoms with van der Waals surface area (Å²) < 4.78 is 5.62. The average Bonchev–Trinajstić information content (AvgIpc) is 2.28. The van der Waals surface area contributed by atoms with Gasteiger partial charge in [0.25, 0.3) is 5.69 Å². The molecule has 0 N–H and O–H groups in total. The quantitative estimate of drug-likeness (QED) is 0.625. The highest BCUT2D eigenvalue weighted by molar-refractivity contribution is 6.32. The summed E-state index contributed by atoms with van der Waals surface area (Å²) in [6.07, 6.45) is 0.157. The first-order valence-corrected chi connectivity index (χ1v) is 5.84. The predicted molar refractivity (Wildman–Crippen MR) is 65.9 cm³/mol. The van der Waals surface area contributed by atoms with E-state index < -0.39 is 10.3 Å². The van der Waals surface area contributed by atoms with E-state index in [-0.39, 0.29) is 22.6 Å². The lowest BCUT2D eigenvalue weighted by atomic mass is 9.68. The van der Waals surface area contributed by atoms with Crippen LogP contribution in [0.2, 0.25) is 5.02 Å². The molecule has 1 aromatic rings. The van der Waals surface area contributed by atoms with Gasteiger partial charge in [-0.2, -0.15) is 0 Å². The van der Waals surface area contributed by atoms with Gasteiger partial charge in [-0.25, -0.2) is 0 Å². The molecular weight excluding hydrogens is 258 g/mol. The molecule has 1 unspecified atom stereocenters. The number of ether oxygens (including phenoxy) is 1. The van der Waals surface area contributed by atoms with Crippen LogP contribution in [-0.4, -0.2) is 16.8 Å². The molecule has 0 heterocycles. The maximum Gasteiger partial charge on any atom is 0.288 e. The Morgan fingerprint density at radius 1 is 1.50 bits per heavy atom. The SMILES string of the molecule is CC1(C)C(=O)CC1Oc1ccc([N+](=O)[O-])c(Cl)c1. The molecule has 5 nitrogen and oxygen atoms in total. The summed E-state index contributed by atoms with van der Waals surface area (Å²) in [5.41, 5.74) is -0.665. The van der Waals surface area contributed by atoms with Crippen molar-refractivity contribution in [3.63, 3.8) is 0 Å². The highest BCUT2D eigenvalue weighted by Gasteiger charge is 2.49. The predicted octanol–water partition coefficient (Wildman–Crippen LogP) is 2.99. The van der Waals surface area contributed by atoms with Crippen LogP contribution in [0.4, 0.5) is 5.69 Å². The molecule has 1 saturated carbocycles. The highest BCUT2D eigenvalue weighted by atomic mass is 35.5. The van der Waals surface area contributed by atoms with Gasteiger partial charge in [0.1, 0.15) is 22.7 Å². The number of hydrogen-bond acceptors (Lipinski definition) is 4. The van der Waals surface area contributed by atoms with Crippen molar-refractivity contribution in [2.24, 2.45) is 5.41 Å². The van der Waals surface area contributed by atoms with E-state index in [1.165, 1.54) is 18.2 Å². The average molecular weight is 270 g/mol.